The number of nitrogens with zero attached hydrogens (tertiary/aromatic N) is 2. The lowest BCUT2D eigenvalue weighted by atomic mass is 10.1. The maximum absolute atomic E-state index is 12.3. The second-order valence-electron chi connectivity index (χ2n) is 6.61. The number of carbonyl (C=O) groups is 2. The molecule has 0 bridgehead atoms. The van der Waals surface area contributed by atoms with Crippen molar-refractivity contribution in [1.29, 1.82) is 0 Å². The molecule has 1 amide bonds. The average molecular weight is 405 g/mol. The highest BCUT2D eigenvalue weighted by molar-refractivity contribution is 7.71. The molecule has 2 N–H and O–H groups in total. The van der Waals surface area contributed by atoms with Crippen LogP contribution in [0.2, 0.25) is 0 Å². The fourth-order valence-electron chi connectivity index (χ4n) is 2.66. The quantitative estimate of drug-likeness (QED) is 0.322. The number of aromatic amines is 1. The van der Waals surface area contributed by atoms with Crippen LogP contribution in [0.25, 0.3) is 0 Å². The summed E-state index contributed by atoms with van der Waals surface area (Å²) in [6.07, 6.45) is 4.24. The zero-order chi connectivity index (χ0) is 20.4. The molecule has 0 saturated carbocycles. The third kappa shape index (κ3) is 6.92. The van der Waals surface area contributed by atoms with Crippen molar-refractivity contribution in [3.63, 3.8) is 0 Å². The second kappa shape index (κ2) is 11.4. The minimum Gasteiger partial charge on any atom is -0.494 e. The van der Waals surface area contributed by atoms with Crippen LogP contribution in [0, 0.1) is 4.77 Å². The molecule has 0 spiro atoms. The molecule has 28 heavy (non-hydrogen) atoms. The smallest absolute Gasteiger partial charge is 0.220 e. The monoisotopic (exact) mass is 404 g/mol. The third-order valence-corrected chi connectivity index (χ3v) is 4.78. The Bertz CT molecular complexity index is 827. The highest BCUT2D eigenvalue weighted by Crippen LogP contribution is 2.14. The Morgan fingerprint density at radius 1 is 1.21 bits per heavy atom. The van der Waals surface area contributed by atoms with E-state index in [1.165, 1.54) is 0 Å². The van der Waals surface area contributed by atoms with Gasteiger partial charge in [-0.15, -0.1) is 0 Å². The topological polar surface area (TPSA) is 89.0 Å². The lowest BCUT2D eigenvalue weighted by molar-refractivity contribution is -0.121. The summed E-state index contributed by atoms with van der Waals surface area (Å²) in [5.41, 5.74) is 0.593. The first-order chi connectivity index (χ1) is 13.5. The number of aromatic nitrogens is 3. The molecule has 1 aromatic carbocycles. The van der Waals surface area contributed by atoms with Gasteiger partial charge in [0.15, 0.2) is 10.6 Å². The first kappa shape index (κ1) is 21.8. The number of unbranched alkanes of at least 4 members (excludes halogenated alkanes) is 2. The van der Waals surface area contributed by atoms with Crippen molar-refractivity contribution < 1.29 is 14.3 Å². The lowest BCUT2D eigenvalue weighted by Crippen LogP contribution is -2.26. The molecular formula is C20H28N4O3S. The number of ether oxygens (including phenoxy) is 1. The number of Topliss-reactive ketones (excluding diaryl/α,β-unsaturated/α-hetero) is 1. The summed E-state index contributed by atoms with van der Waals surface area (Å²) in [6.45, 7) is 3.28. The van der Waals surface area contributed by atoms with Crippen molar-refractivity contribution >= 4 is 23.9 Å². The summed E-state index contributed by atoms with van der Waals surface area (Å²) in [6, 6.07) is 7.10. The molecule has 0 fully saturated rings. The highest BCUT2D eigenvalue weighted by Gasteiger charge is 2.10. The lowest BCUT2D eigenvalue weighted by Gasteiger charge is -2.07. The molecule has 1 heterocycles. The summed E-state index contributed by atoms with van der Waals surface area (Å²) in [5.74, 6) is 1.33. The van der Waals surface area contributed by atoms with Gasteiger partial charge in [-0.05, 0) is 42.9 Å². The number of nitrogens with one attached hydrogen (secondary N) is 2. The van der Waals surface area contributed by atoms with Crippen molar-refractivity contribution in [2.75, 3.05) is 13.2 Å². The largest absolute Gasteiger partial charge is 0.494 e. The predicted octanol–water partition coefficient (Wildman–Crippen LogP) is 3.37. The van der Waals surface area contributed by atoms with E-state index in [1.807, 2.05) is 7.05 Å². The van der Waals surface area contributed by atoms with Gasteiger partial charge >= 0.3 is 0 Å². The molecule has 0 aliphatic carbocycles. The summed E-state index contributed by atoms with van der Waals surface area (Å²) >= 11 is 5.04. The van der Waals surface area contributed by atoms with Crippen molar-refractivity contribution in [1.82, 2.24) is 20.1 Å². The number of H-pyrrole nitrogens is 1. The zero-order valence-corrected chi connectivity index (χ0v) is 17.3. The van der Waals surface area contributed by atoms with Crippen molar-refractivity contribution in [2.45, 2.75) is 45.4 Å². The van der Waals surface area contributed by atoms with Gasteiger partial charge in [0, 0.05) is 38.4 Å². The van der Waals surface area contributed by atoms with Crippen LogP contribution in [0.5, 0.6) is 5.75 Å². The van der Waals surface area contributed by atoms with E-state index < -0.39 is 0 Å². The average Bonchev–Trinajstić information content (AvgIpc) is 3.02. The summed E-state index contributed by atoms with van der Waals surface area (Å²) in [7, 11) is 1.82. The fourth-order valence-corrected chi connectivity index (χ4v) is 2.81. The Morgan fingerprint density at radius 3 is 2.61 bits per heavy atom. The van der Waals surface area contributed by atoms with Crippen molar-refractivity contribution in [3.05, 3.63) is 40.4 Å². The Labute approximate surface area is 170 Å². The predicted molar refractivity (Wildman–Crippen MR) is 110 cm³/mol. The molecule has 8 heteroatoms. The molecule has 1 aromatic heterocycles. The van der Waals surface area contributed by atoms with Crippen LogP contribution >= 0.6 is 12.2 Å². The molecule has 0 atom stereocenters. The van der Waals surface area contributed by atoms with Crippen LogP contribution in [0.4, 0.5) is 0 Å². The Hall–Kier alpha value is -2.48. The summed E-state index contributed by atoms with van der Waals surface area (Å²) in [5, 5.41) is 9.60. The molecule has 2 aromatic rings. The minimum atomic E-state index is -0.152. The SMILES string of the molecule is CCCCCOc1ccc(C(=O)CCC(=O)NCCc2n[nH]c(=S)n2C)cc1. The van der Waals surface area contributed by atoms with Crippen molar-refractivity contribution in [2.24, 2.45) is 7.05 Å². The molecular weight excluding hydrogens is 376 g/mol. The number of hydrogen-bond acceptors (Lipinski definition) is 5. The molecule has 152 valence electrons. The van der Waals surface area contributed by atoms with Gasteiger partial charge in [0.2, 0.25) is 5.91 Å². The number of rotatable bonds is 12. The van der Waals surface area contributed by atoms with Crippen LogP contribution < -0.4 is 10.1 Å². The number of carbonyl (C=O) groups excluding carboxylic acids is 2. The standard InChI is InChI=1S/C20H28N4O3S/c1-3-4-5-14-27-16-8-6-15(7-9-16)17(25)10-11-19(26)21-13-12-18-22-23-20(28)24(18)2/h6-9H,3-5,10-14H2,1-2H3,(H,21,26)(H,23,28). The van der Waals surface area contributed by atoms with Crippen molar-refractivity contribution in [3.8, 4) is 5.75 Å². The van der Waals surface area contributed by atoms with Crippen LogP contribution in [0.15, 0.2) is 24.3 Å². The Balaban J connectivity index is 1.68. The maximum Gasteiger partial charge on any atom is 0.220 e. The maximum atomic E-state index is 12.3. The Morgan fingerprint density at radius 2 is 1.96 bits per heavy atom. The summed E-state index contributed by atoms with van der Waals surface area (Å²) < 4.78 is 7.95. The van der Waals surface area contributed by atoms with Gasteiger partial charge < -0.3 is 14.6 Å². The van der Waals surface area contributed by atoms with E-state index >= 15 is 0 Å². The number of hydrogen-bond donors (Lipinski definition) is 2. The molecule has 0 saturated heterocycles. The second-order valence-corrected chi connectivity index (χ2v) is 6.99. The molecule has 0 radical (unpaired) electrons. The number of benzene rings is 1. The highest BCUT2D eigenvalue weighted by atomic mass is 32.1. The van der Waals surface area contributed by atoms with Gasteiger partial charge in [-0.2, -0.15) is 5.10 Å². The molecule has 2 rings (SSSR count). The molecule has 0 aliphatic heterocycles. The van der Waals surface area contributed by atoms with Gasteiger partial charge in [0.25, 0.3) is 0 Å². The van der Waals surface area contributed by atoms with Gasteiger partial charge in [0.1, 0.15) is 11.6 Å². The van der Waals surface area contributed by atoms with Gasteiger partial charge in [-0.1, -0.05) is 19.8 Å². The third-order valence-electron chi connectivity index (χ3n) is 4.42. The van der Waals surface area contributed by atoms with Gasteiger partial charge in [0.05, 0.1) is 6.61 Å². The fraction of sp³-hybridized carbons (Fsp3) is 0.500. The van der Waals surface area contributed by atoms with E-state index in [4.69, 9.17) is 17.0 Å². The van der Waals surface area contributed by atoms with Crippen LogP contribution in [-0.2, 0) is 18.3 Å². The van der Waals surface area contributed by atoms with E-state index in [9.17, 15) is 9.59 Å². The normalized spacial score (nSPS) is 10.6. The van der Waals surface area contributed by atoms with Gasteiger partial charge in [-0.25, -0.2) is 0 Å². The van der Waals surface area contributed by atoms with E-state index in [1.54, 1.807) is 28.8 Å². The van der Waals surface area contributed by atoms with E-state index in [0.29, 0.717) is 29.9 Å². The van der Waals surface area contributed by atoms with Crippen LogP contribution in [-0.4, -0.2) is 39.6 Å². The first-order valence-corrected chi connectivity index (χ1v) is 10.0. The first-order valence-electron chi connectivity index (χ1n) is 9.64. The van der Waals surface area contributed by atoms with Gasteiger partial charge in [-0.3, -0.25) is 14.7 Å². The number of ketones is 1. The summed E-state index contributed by atoms with van der Waals surface area (Å²) in [4.78, 5) is 24.2. The van der Waals surface area contributed by atoms with E-state index in [0.717, 1.165) is 30.8 Å². The van der Waals surface area contributed by atoms with E-state index in [2.05, 4.69) is 22.4 Å². The Kier molecular flexibility index (Phi) is 8.87. The number of amides is 1. The molecule has 7 nitrogen and oxygen atoms in total. The molecule has 0 aliphatic rings. The van der Waals surface area contributed by atoms with Crippen LogP contribution in [0.1, 0.15) is 55.2 Å². The van der Waals surface area contributed by atoms with E-state index in [-0.39, 0.29) is 24.5 Å². The van der Waals surface area contributed by atoms with Crippen LogP contribution in [0.3, 0.4) is 0 Å². The zero-order valence-electron chi connectivity index (χ0n) is 16.5. The molecule has 0 unspecified atom stereocenters. The minimum absolute atomic E-state index is 0.0536.